The highest BCUT2D eigenvalue weighted by molar-refractivity contribution is 7.19. The predicted molar refractivity (Wildman–Crippen MR) is 114 cm³/mol. The summed E-state index contributed by atoms with van der Waals surface area (Å²) in [5.41, 5.74) is 6.11. The molecule has 0 bridgehead atoms. The number of hydrogen-bond acceptors (Lipinski definition) is 6. The molecule has 0 unspecified atom stereocenters. The Morgan fingerprint density at radius 1 is 1.17 bits per heavy atom. The van der Waals surface area contributed by atoms with E-state index < -0.39 is 11.7 Å². The molecule has 0 aliphatic carbocycles. The fourth-order valence-electron chi connectivity index (χ4n) is 3.00. The lowest BCUT2D eigenvalue weighted by Gasteiger charge is -2.19. The van der Waals surface area contributed by atoms with Crippen molar-refractivity contribution in [2.45, 2.75) is 20.0 Å². The summed E-state index contributed by atoms with van der Waals surface area (Å²) in [7, 11) is 0. The molecule has 1 aromatic carbocycles. The number of likely N-dealkylation sites (N-methyl/N-ethyl adjacent to an activating group) is 1. The van der Waals surface area contributed by atoms with E-state index in [1.165, 1.54) is 28.7 Å². The first-order valence-electron chi connectivity index (χ1n) is 9.19. The maximum atomic E-state index is 13.8. The molecule has 0 amide bonds. The van der Waals surface area contributed by atoms with E-state index in [1.807, 2.05) is 30.7 Å². The van der Waals surface area contributed by atoms with Crippen LogP contribution in [0.1, 0.15) is 19.4 Å². The molecular formula is C20H22F3N3OS2. The van der Waals surface area contributed by atoms with E-state index in [9.17, 15) is 13.2 Å². The number of benzene rings is 1. The molecule has 2 aromatic heterocycles. The Morgan fingerprint density at radius 2 is 1.93 bits per heavy atom. The van der Waals surface area contributed by atoms with Gasteiger partial charge in [0.25, 0.3) is 0 Å². The van der Waals surface area contributed by atoms with E-state index in [-0.39, 0.29) is 22.1 Å². The van der Waals surface area contributed by atoms with Crippen LogP contribution < -0.4 is 10.5 Å². The number of ether oxygens (including phenoxy) is 1. The number of rotatable bonds is 8. The molecule has 0 aliphatic heterocycles. The summed E-state index contributed by atoms with van der Waals surface area (Å²) in [6, 6.07) is 5.86. The maximum Gasteiger partial charge on any atom is 0.417 e. The summed E-state index contributed by atoms with van der Waals surface area (Å²) < 4.78 is 47.1. The molecule has 0 saturated heterocycles. The lowest BCUT2D eigenvalue weighted by Crippen LogP contribution is -2.27. The normalized spacial score (nSPS) is 11.9. The Hall–Kier alpha value is -2.10. The number of alkyl halides is 3. The lowest BCUT2D eigenvalue weighted by molar-refractivity contribution is -0.137. The average Bonchev–Trinajstić information content (AvgIpc) is 3.34. The fourth-order valence-corrected chi connectivity index (χ4v) is 4.56. The van der Waals surface area contributed by atoms with Crippen molar-refractivity contribution in [3.05, 3.63) is 40.6 Å². The van der Waals surface area contributed by atoms with Crippen molar-refractivity contribution in [2.24, 2.45) is 0 Å². The van der Waals surface area contributed by atoms with Gasteiger partial charge in [-0.25, -0.2) is 4.98 Å². The second kappa shape index (κ2) is 9.15. The van der Waals surface area contributed by atoms with Gasteiger partial charge in [-0.2, -0.15) is 24.5 Å². The minimum atomic E-state index is -4.54. The van der Waals surface area contributed by atoms with Crippen LogP contribution in [-0.4, -0.2) is 36.1 Å². The van der Waals surface area contributed by atoms with Crippen molar-refractivity contribution in [2.75, 3.05) is 32.0 Å². The molecule has 0 saturated carbocycles. The zero-order chi connectivity index (χ0) is 21.0. The Labute approximate surface area is 175 Å². The summed E-state index contributed by atoms with van der Waals surface area (Å²) in [5.74, 6) is 0.188. The number of aromatic nitrogens is 1. The lowest BCUT2D eigenvalue weighted by atomic mass is 10.0. The van der Waals surface area contributed by atoms with E-state index in [0.717, 1.165) is 24.7 Å². The summed E-state index contributed by atoms with van der Waals surface area (Å²) in [5, 5.41) is 3.97. The molecule has 0 atom stereocenters. The van der Waals surface area contributed by atoms with Gasteiger partial charge in [0.2, 0.25) is 0 Å². The van der Waals surface area contributed by atoms with Crippen LogP contribution in [0, 0.1) is 0 Å². The fraction of sp³-hybridized carbons (Fsp3) is 0.350. The third-order valence-corrected chi connectivity index (χ3v) is 6.17. The van der Waals surface area contributed by atoms with Gasteiger partial charge in [-0.3, -0.25) is 0 Å². The molecule has 156 valence electrons. The van der Waals surface area contributed by atoms with Crippen LogP contribution in [0.15, 0.2) is 35.0 Å². The third kappa shape index (κ3) is 5.09. The summed E-state index contributed by atoms with van der Waals surface area (Å²) >= 11 is 2.65. The summed E-state index contributed by atoms with van der Waals surface area (Å²) in [6.07, 6.45) is -4.54. The van der Waals surface area contributed by atoms with Crippen LogP contribution in [0.4, 0.5) is 18.3 Å². The monoisotopic (exact) mass is 441 g/mol. The first-order chi connectivity index (χ1) is 13.8. The van der Waals surface area contributed by atoms with Crippen molar-refractivity contribution in [1.29, 1.82) is 0 Å². The number of nitrogens with zero attached hydrogens (tertiary/aromatic N) is 2. The quantitative estimate of drug-likeness (QED) is 0.476. The minimum absolute atomic E-state index is 0.00254. The third-order valence-electron chi connectivity index (χ3n) is 4.55. The molecule has 0 fully saturated rings. The first kappa shape index (κ1) is 21.6. The number of hydrogen-bond donors (Lipinski definition) is 1. The van der Waals surface area contributed by atoms with Crippen LogP contribution in [0.3, 0.4) is 0 Å². The number of nitrogen functional groups attached to an aromatic ring is 1. The standard InChI is InChI=1S/C20H22F3N3OS2/c1-3-26(4-2)8-9-27-14-5-6-15(16(11-14)20(21,22)23)17-18(29-19(24)25-17)13-7-10-28-12-13/h5-7,10-12H,3-4,8-9H2,1-2H3,(H2,24,25). The van der Waals surface area contributed by atoms with Gasteiger partial charge in [-0.1, -0.05) is 25.2 Å². The molecule has 4 nitrogen and oxygen atoms in total. The second-order valence-corrected chi connectivity index (χ2v) is 8.13. The number of thiazole rings is 1. The van der Waals surface area contributed by atoms with Gasteiger partial charge in [-0.15, -0.1) is 0 Å². The Morgan fingerprint density at radius 3 is 2.55 bits per heavy atom. The molecule has 0 aliphatic rings. The van der Waals surface area contributed by atoms with Gasteiger partial charge in [0.1, 0.15) is 12.4 Å². The van der Waals surface area contributed by atoms with Gasteiger partial charge in [-0.05, 0) is 48.1 Å². The van der Waals surface area contributed by atoms with E-state index in [2.05, 4.69) is 9.88 Å². The van der Waals surface area contributed by atoms with E-state index in [0.29, 0.717) is 18.0 Å². The molecule has 3 rings (SSSR count). The van der Waals surface area contributed by atoms with Crippen LogP contribution >= 0.6 is 22.7 Å². The molecule has 29 heavy (non-hydrogen) atoms. The Balaban J connectivity index is 1.95. The van der Waals surface area contributed by atoms with E-state index in [4.69, 9.17) is 10.5 Å². The molecule has 0 radical (unpaired) electrons. The SMILES string of the molecule is CCN(CC)CCOc1ccc(-c2nc(N)sc2-c2ccsc2)c(C(F)(F)F)c1. The van der Waals surface area contributed by atoms with E-state index >= 15 is 0 Å². The Bertz CT molecular complexity index is 935. The average molecular weight is 442 g/mol. The molecule has 9 heteroatoms. The highest BCUT2D eigenvalue weighted by Crippen LogP contribution is 2.44. The van der Waals surface area contributed by atoms with Crippen molar-refractivity contribution >= 4 is 27.8 Å². The number of anilines is 1. The molecular weight excluding hydrogens is 419 g/mol. The molecule has 2 heterocycles. The van der Waals surface area contributed by atoms with Crippen molar-refractivity contribution < 1.29 is 17.9 Å². The van der Waals surface area contributed by atoms with E-state index in [1.54, 1.807) is 6.07 Å². The minimum Gasteiger partial charge on any atom is -0.492 e. The van der Waals surface area contributed by atoms with Crippen molar-refractivity contribution in [3.8, 4) is 27.4 Å². The summed E-state index contributed by atoms with van der Waals surface area (Å²) in [6.45, 7) is 6.77. The largest absolute Gasteiger partial charge is 0.492 e. The maximum absolute atomic E-state index is 13.8. The van der Waals surface area contributed by atoms with Crippen molar-refractivity contribution in [3.63, 3.8) is 0 Å². The number of nitrogens with two attached hydrogens (primary N) is 1. The first-order valence-corrected chi connectivity index (χ1v) is 10.9. The zero-order valence-corrected chi connectivity index (χ0v) is 17.8. The Kier molecular flexibility index (Phi) is 6.81. The van der Waals surface area contributed by atoms with Crippen LogP contribution in [-0.2, 0) is 6.18 Å². The van der Waals surface area contributed by atoms with Gasteiger partial charge in [0.15, 0.2) is 5.13 Å². The zero-order valence-electron chi connectivity index (χ0n) is 16.1. The predicted octanol–water partition coefficient (Wildman–Crippen LogP) is 5.86. The summed E-state index contributed by atoms with van der Waals surface area (Å²) in [4.78, 5) is 6.97. The highest BCUT2D eigenvalue weighted by atomic mass is 32.1. The van der Waals surface area contributed by atoms with Crippen molar-refractivity contribution in [1.82, 2.24) is 9.88 Å². The van der Waals surface area contributed by atoms with Crippen LogP contribution in [0.2, 0.25) is 0 Å². The molecule has 3 aromatic rings. The highest BCUT2D eigenvalue weighted by Gasteiger charge is 2.35. The van der Waals surface area contributed by atoms with Crippen LogP contribution in [0.5, 0.6) is 5.75 Å². The smallest absolute Gasteiger partial charge is 0.417 e. The second-order valence-electron chi connectivity index (χ2n) is 6.32. The van der Waals surface area contributed by atoms with Gasteiger partial charge >= 0.3 is 6.18 Å². The van der Waals surface area contributed by atoms with Gasteiger partial charge in [0, 0.05) is 17.7 Å². The van der Waals surface area contributed by atoms with Crippen LogP contribution in [0.25, 0.3) is 21.7 Å². The number of halogens is 3. The number of thiophene rings is 1. The van der Waals surface area contributed by atoms with Gasteiger partial charge in [0.05, 0.1) is 16.1 Å². The topological polar surface area (TPSA) is 51.4 Å². The molecule has 2 N–H and O–H groups in total. The molecule has 0 spiro atoms. The van der Waals surface area contributed by atoms with Gasteiger partial charge < -0.3 is 15.4 Å².